The van der Waals surface area contributed by atoms with Crippen LogP contribution in [0.4, 0.5) is 0 Å². The Morgan fingerprint density at radius 2 is 1.95 bits per heavy atom. The topological polar surface area (TPSA) is 50.9 Å². The Kier molecular flexibility index (Phi) is 4.00. The second kappa shape index (κ2) is 5.69. The van der Waals surface area contributed by atoms with Crippen LogP contribution in [0, 0.1) is 19.3 Å². The number of hydrogen-bond acceptors (Lipinski definition) is 3. The summed E-state index contributed by atoms with van der Waals surface area (Å²) >= 11 is 0. The lowest BCUT2D eigenvalue weighted by Gasteiger charge is -2.06. The summed E-state index contributed by atoms with van der Waals surface area (Å²) < 4.78 is 7.14. The second-order valence-corrected chi connectivity index (χ2v) is 4.43. The summed E-state index contributed by atoms with van der Waals surface area (Å²) in [5, 5.41) is 12.3. The van der Waals surface area contributed by atoms with Gasteiger partial charge in [0.25, 0.3) is 0 Å². The summed E-state index contributed by atoms with van der Waals surface area (Å²) in [7, 11) is 0. The van der Waals surface area contributed by atoms with Crippen molar-refractivity contribution in [2.75, 3.05) is 6.61 Å². The van der Waals surface area contributed by atoms with E-state index in [1.807, 2.05) is 55.8 Å². The molecule has 19 heavy (non-hydrogen) atoms. The van der Waals surface area contributed by atoms with E-state index in [1.165, 1.54) is 0 Å². The molecule has 0 aliphatic rings. The van der Waals surface area contributed by atoms with E-state index >= 15 is 0 Å². The zero-order valence-corrected chi connectivity index (χ0v) is 11.6. The molecule has 100 valence electrons. The molecule has 0 fully saturated rings. The van der Waals surface area contributed by atoms with Crippen LogP contribution in [0.15, 0.2) is 30.3 Å². The first kappa shape index (κ1) is 13.3. The zero-order valence-electron chi connectivity index (χ0n) is 11.6. The van der Waals surface area contributed by atoms with Crippen molar-refractivity contribution in [3.63, 3.8) is 0 Å². The summed E-state index contributed by atoms with van der Waals surface area (Å²) in [6, 6.07) is 10.0. The van der Waals surface area contributed by atoms with Gasteiger partial charge in [-0.1, -0.05) is 18.2 Å². The Morgan fingerprint density at radius 1 is 1.26 bits per heavy atom. The smallest absolute Gasteiger partial charge is 0.184 e. The molecular weight excluding hydrogens is 238 g/mol. The minimum Gasteiger partial charge on any atom is -0.481 e. The number of hydrogen-bond donors (Lipinski definition) is 1. The van der Waals surface area contributed by atoms with Gasteiger partial charge in [-0.2, -0.15) is 5.10 Å². The lowest BCUT2D eigenvalue weighted by molar-refractivity contribution is 0.317. The number of nitrogens with one attached hydrogen (secondary N) is 1. The van der Waals surface area contributed by atoms with Crippen molar-refractivity contribution in [1.29, 1.82) is 5.41 Å². The molecule has 4 nitrogen and oxygen atoms in total. The van der Waals surface area contributed by atoms with Crippen LogP contribution in [0.5, 0.6) is 0 Å². The van der Waals surface area contributed by atoms with Crippen LogP contribution < -0.4 is 0 Å². The number of ether oxygens (including phenoxy) is 1. The van der Waals surface area contributed by atoms with Crippen LogP contribution in [-0.4, -0.2) is 22.3 Å². The first-order chi connectivity index (χ1) is 9.13. The fourth-order valence-electron chi connectivity index (χ4n) is 2.14. The molecule has 4 heteroatoms. The van der Waals surface area contributed by atoms with E-state index in [0.29, 0.717) is 18.9 Å². The van der Waals surface area contributed by atoms with Crippen molar-refractivity contribution in [1.82, 2.24) is 9.78 Å². The number of aryl methyl sites for hydroxylation is 1. The van der Waals surface area contributed by atoms with Crippen molar-refractivity contribution in [3.05, 3.63) is 47.3 Å². The predicted molar refractivity (Wildman–Crippen MR) is 76.1 cm³/mol. The molecule has 2 aromatic rings. The van der Waals surface area contributed by atoms with Gasteiger partial charge in [0, 0.05) is 11.3 Å². The van der Waals surface area contributed by atoms with Crippen LogP contribution >= 0.6 is 0 Å². The Bertz CT molecular complexity index is 573. The van der Waals surface area contributed by atoms with Gasteiger partial charge in [0.1, 0.15) is 0 Å². The van der Waals surface area contributed by atoms with E-state index < -0.39 is 0 Å². The molecule has 1 aromatic carbocycles. The van der Waals surface area contributed by atoms with E-state index in [2.05, 4.69) is 5.10 Å². The van der Waals surface area contributed by atoms with Crippen molar-refractivity contribution >= 4 is 5.90 Å². The number of nitrogens with zero attached hydrogens (tertiary/aromatic N) is 2. The van der Waals surface area contributed by atoms with Crippen LogP contribution in [0.3, 0.4) is 0 Å². The maximum absolute atomic E-state index is 7.77. The first-order valence-electron chi connectivity index (χ1n) is 6.44. The Morgan fingerprint density at radius 3 is 2.58 bits per heavy atom. The van der Waals surface area contributed by atoms with Crippen LogP contribution in [0.25, 0.3) is 5.69 Å². The monoisotopic (exact) mass is 257 g/mol. The maximum atomic E-state index is 7.77. The van der Waals surface area contributed by atoms with E-state index in [9.17, 15) is 0 Å². The molecule has 0 radical (unpaired) electrons. The number of rotatable bonds is 4. The third-order valence-electron chi connectivity index (χ3n) is 3.10. The number of aromatic nitrogens is 2. The fraction of sp³-hybridized carbons (Fsp3) is 0.333. The summed E-state index contributed by atoms with van der Waals surface area (Å²) in [4.78, 5) is 0. The molecule has 0 atom stereocenters. The molecule has 1 aromatic heterocycles. The van der Waals surface area contributed by atoms with Crippen LogP contribution in [0.2, 0.25) is 0 Å². The van der Waals surface area contributed by atoms with Crippen molar-refractivity contribution in [2.45, 2.75) is 27.2 Å². The summed E-state index contributed by atoms with van der Waals surface area (Å²) in [6.45, 7) is 6.42. The van der Waals surface area contributed by atoms with Crippen molar-refractivity contribution < 1.29 is 4.74 Å². The van der Waals surface area contributed by atoms with E-state index in [1.54, 1.807) is 0 Å². The Hall–Kier alpha value is -2.10. The Labute approximate surface area is 113 Å². The van der Waals surface area contributed by atoms with Gasteiger partial charge < -0.3 is 4.74 Å². The van der Waals surface area contributed by atoms with Crippen molar-refractivity contribution in [2.24, 2.45) is 0 Å². The van der Waals surface area contributed by atoms with Crippen molar-refractivity contribution in [3.8, 4) is 5.69 Å². The molecule has 2 rings (SSSR count). The minimum atomic E-state index is 0.293. The maximum Gasteiger partial charge on any atom is 0.184 e. The van der Waals surface area contributed by atoms with Gasteiger partial charge in [0.2, 0.25) is 0 Å². The third-order valence-corrected chi connectivity index (χ3v) is 3.10. The normalized spacial score (nSPS) is 10.5. The molecule has 0 amide bonds. The van der Waals surface area contributed by atoms with Crippen LogP contribution in [0.1, 0.15) is 23.9 Å². The Balaban J connectivity index is 2.33. The molecule has 0 bridgehead atoms. The van der Waals surface area contributed by atoms with E-state index in [4.69, 9.17) is 10.1 Å². The highest BCUT2D eigenvalue weighted by Crippen LogP contribution is 2.18. The van der Waals surface area contributed by atoms with Gasteiger partial charge in [-0.05, 0) is 32.9 Å². The number of benzene rings is 1. The molecule has 0 saturated carbocycles. The SMILES string of the molecule is CCOC(=N)Cc1c(C)nn(-c2ccccc2)c1C. The second-order valence-electron chi connectivity index (χ2n) is 4.43. The highest BCUT2D eigenvalue weighted by Gasteiger charge is 2.14. The highest BCUT2D eigenvalue weighted by molar-refractivity contribution is 5.76. The van der Waals surface area contributed by atoms with Gasteiger partial charge in [-0.25, -0.2) is 4.68 Å². The average molecular weight is 257 g/mol. The third kappa shape index (κ3) is 2.84. The standard InChI is InChI=1S/C15H19N3O/c1-4-19-15(16)10-14-11(2)17-18(12(14)3)13-8-6-5-7-9-13/h5-9,16H,4,10H2,1-3H3. The fourth-order valence-corrected chi connectivity index (χ4v) is 2.14. The highest BCUT2D eigenvalue weighted by atomic mass is 16.5. The first-order valence-corrected chi connectivity index (χ1v) is 6.44. The largest absolute Gasteiger partial charge is 0.481 e. The van der Waals surface area contributed by atoms with Gasteiger partial charge in [0.05, 0.1) is 24.4 Å². The zero-order chi connectivity index (χ0) is 13.8. The predicted octanol–water partition coefficient (Wildman–Crippen LogP) is 3.05. The van der Waals surface area contributed by atoms with Gasteiger partial charge in [0.15, 0.2) is 5.90 Å². The molecule has 1 N–H and O–H groups in total. The van der Waals surface area contributed by atoms with E-state index in [-0.39, 0.29) is 0 Å². The van der Waals surface area contributed by atoms with Gasteiger partial charge in [-0.3, -0.25) is 5.41 Å². The summed E-state index contributed by atoms with van der Waals surface area (Å²) in [5.74, 6) is 0.293. The van der Waals surface area contributed by atoms with Gasteiger partial charge >= 0.3 is 0 Å². The molecule has 0 saturated heterocycles. The number of para-hydroxylation sites is 1. The molecular formula is C15H19N3O. The molecule has 0 spiro atoms. The summed E-state index contributed by atoms with van der Waals surface area (Å²) in [5.41, 5.74) is 4.12. The average Bonchev–Trinajstić information content (AvgIpc) is 2.68. The quantitative estimate of drug-likeness (QED) is 0.676. The van der Waals surface area contributed by atoms with Crippen LogP contribution in [-0.2, 0) is 11.2 Å². The molecule has 0 aliphatic carbocycles. The lowest BCUT2D eigenvalue weighted by atomic mass is 10.1. The molecule has 0 aliphatic heterocycles. The van der Waals surface area contributed by atoms with Gasteiger partial charge in [-0.15, -0.1) is 0 Å². The minimum absolute atomic E-state index is 0.293. The summed E-state index contributed by atoms with van der Waals surface area (Å²) in [6.07, 6.45) is 0.498. The molecule has 1 heterocycles. The molecule has 0 unspecified atom stereocenters. The lowest BCUT2D eigenvalue weighted by Crippen LogP contribution is -2.08. The van der Waals surface area contributed by atoms with E-state index in [0.717, 1.165) is 22.6 Å².